The Balaban J connectivity index is 1.26. The maximum Gasteiger partial charge on any atom is 0.149 e. The van der Waals surface area contributed by atoms with Crippen molar-refractivity contribution >= 4 is 59.5 Å². The molecule has 0 fully saturated rings. The minimum atomic E-state index is -3.04. The molecule has 0 radical (unpaired) electrons. The quantitative estimate of drug-likeness (QED) is 0.162. The number of fused-ring (bicyclic) bond motifs is 1. The maximum atomic E-state index is 13.5. The van der Waals surface area contributed by atoms with Gasteiger partial charge in [0.15, 0.2) is 0 Å². The number of rotatable bonds is 12. The number of sulfone groups is 1. The molecule has 2 aromatic carbocycles. The Kier molecular flexibility index (Phi) is 9.18. The summed E-state index contributed by atoms with van der Waals surface area (Å²) in [6.07, 6.45) is 4.93. The SMILES string of the molecule is CS(=O)(=O)CCOCCc1nc(-c2cc3c(Nc4ccc(OCc5cccc(F)c5)c(Br)c4)ncnc3cn2)cs1. The Bertz CT molecular complexity index is 1780. The van der Waals surface area contributed by atoms with E-state index in [4.69, 9.17) is 9.47 Å². The van der Waals surface area contributed by atoms with E-state index in [1.165, 1.54) is 36.1 Å². The van der Waals surface area contributed by atoms with E-state index in [1.54, 1.807) is 12.3 Å². The molecule has 5 aromatic rings. The third-order valence-electron chi connectivity index (χ3n) is 5.87. The van der Waals surface area contributed by atoms with Crippen molar-refractivity contribution < 1.29 is 22.3 Å². The van der Waals surface area contributed by atoms with Gasteiger partial charge in [0.25, 0.3) is 0 Å². The highest BCUT2D eigenvalue weighted by atomic mass is 79.9. The largest absolute Gasteiger partial charge is 0.488 e. The highest BCUT2D eigenvalue weighted by Crippen LogP contribution is 2.32. The van der Waals surface area contributed by atoms with Gasteiger partial charge in [0, 0.05) is 29.1 Å². The lowest BCUT2D eigenvalue weighted by atomic mass is 10.2. The van der Waals surface area contributed by atoms with Gasteiger partial charge in [-0.15, -0.1) is 11.3 Å². The van der Waals surface area contributed by atoms with Gasteiger partial charge in [0.05, 0.1) is 51.5 Å². The molecule has 5 rings (SSSR count). The number of hydrogen-bond donors (Lipinski definition) is 1. The van der Waals surface area contributed by atoms with Crippen LogP contribution in [0.25, 0.3) is 22.3 Å². The number of anilines is 2. The Hall–Kier alpha value is -3.52. The van der Waals surface area contributed by atoms with Gasteiger partial charge in [-0.3, -0.25) is 4.98 Å². The molecule has 0 aliphatic heterocycles. The van der Waals surface area contributed by atoms with Crippen LogP contribution in [0.15, 0.2) is 70.9 Å². The van der Waals surface area contributed by atoms with Crippen molar-refractivity contribution in [3.05, 3.63) is 87.3 Å². The normalized spacial score (nSPS) is 11.6. The van der Waals surface area contributed by atoms with Crippen molar-refractivity contribution in [2.45, 2.75) is 13.0 Å². The summed E-state index contributed by atoms with van der Waals surface area (Å²) in [5.41, 5.74) is 3.59. The molecule has 0 spiro atoms. The second kappa shape index (κ2) is 13.0. The summed E-state index contributed by atoms with van der Waals surface area (Å²) in [4.78, 5) is 18.0. The molecule has 13 heteroatoms. The van der Waals surface area contributed by atoms with E-state index >= 15 is 0 Å². The molecule has 0 bridgehead atoms. The Morgan fingerprint density at radius 1 is 1.05 bits per heavy atom. The molecule has 212 valence electrons. The highest BCUT2D eigenvalue weighted by Gasteiger charge is 2.12. The van der Waals surface area contributed by atoms with Gasteiger partial charge in [-0.1, -0.05) is 12.1 Å². The molecule has 41 heavy (non-hydrogen) atoms. The third kappa shape index (κ3) is 8.03. The molecule has 0 saturated carbocycles. The topological polar surface area (TPSA) is 116 Å². The van der Waals surface area contributed by atoms with Crippen LogP contribution in [0.1, 0.15) is 10.6 Å². The molecule has 0 aliphatic rings. The van der Waals surface area contributed by atoms with E-state index in [9.17, 15) is 12.8 Å². The first-order valence-corrected chi connectivity index (χ1v) is 16.2. The van der Waals surface area contributed by atoms with Crippen LogP contribution in [0.2, 0.25) is 0 Å². The van der Waals surface area contributed by atoms with Crippen molar-refractivity contribution in [2.24, 2.45) is 0 Å². The predicted octanol–water partition coefficient (Wildman–Crippen LogP) is 5.98. The number of halogens is 2. The number of nitrogens with zero attached hydrogens (tertiary/aromatic N) is 4. The summed E-state index contributed by atoms with van der Waals surface area (Å²) in [7, 11) is -3.04. The van der Waals surface area contributed by atoms with Gasteiger partial charge < -0.3 is 14.8 Å². The Morgan fingerprint density at radius 3 is 2.73 bits per heavy atom. The number of hydrogen-bond acceptors (Lipinski definition) is 10. The first-order chi connectivity index (χ1) is 19.7. The summed E-state index contributed by atoms with van der Waals surface area (Å²) in [6.45, 7) is 0.796. The third-order valence-corrected chi connectivity index (χ3v) is 8.31. The van der Waals surface area contributed by atoms with Gasteiger partial charge in [-0.25, -0.2) is 27.8 Å². The zero-order valence-electron chi connectivity index (χ0n) is 21.9. The summed E-state index contributed by atoms with van der Waals surface area (Å²) in [6, 6.07) is 13.8. The fourth-order valence-corrected chi connectivity index (χ4v) is 5.52. The fourth-order valence-electron chi connectivity index (χ4n) is 3.83. The zero-order valence-corrected chi connectivity index (χ0v) is 25.1. The number of nitrogens with one attached hydrogen (secondary N) is 1. The molecule has 9 nitrogen and oxygen atoms in total. The molecule has 0 atom stereocenters. The second-order valence-electron chi connectivity index (χ2n) is 9.12. The Morgan fingerprint density at radius 2 is 1.93 bits per heavy atom. The average Bonchev–Trinajstić information content (AvgIpc) is 3.41. The molecule has 0 unspecified atom stereocenters. The number of thiazole rings is 1. The van der Waals surface area contributed by atoms with E-state index in [2.05, 4.69) is 41.2 Å². The average molecular weight is 659 g/mol. The van der Waals surface area contributed by atoms with E-state index in [-0.39, 0.29) is 24.8 Å². The molecular weight excluding hydrogens is 633 g/mol. The van der Waals surface area contributed by atoms with E-state index < -0.39 is 9.84 Å². The standard InChI is InChI=1S/C28H25BrFN5O4S2/c1-41(36,37)10-9-38-8-7-27-35-25(16-40-27)23-13-21-24(14-31-23)32-17-33-28(21)34-20-5-6-26(22(29)12-20)39-15-18-3-2-4-19(30)11-18/h2-6,11-14,16-17H,7-10,15H2,1H3,(H,32,33,34). The monoisotopic (exact) mass is 657 g/mol. The van der Waals surface area contributed by atoms with Crippen molar-refractivity contribution in [3.63, 3.8) is 0 Å². The summed E-state index contributed by atoms with van der Waals surface area (Å²) < 4.78 is 47.9. The smallest absolute Gasteiger partial charge is 0.149 e. The minimum absolute atomic E-state index is 0.00100. The van der Waals surface area contributed by atoms with Crippen LogP contribution in [0.3, 0.4) is 0 Å². The van der Waals surface area contributed by atoms with Crippen molar-refractivity contribution in [3.8, 4) is 17.1 Å². The van der Waals surface area contributed by atoms with E-state index in [0.717, 1.165) is 31.8 Å². The summed E-state index contributed by atoms with van der Waals surface area (Å²) in [5.74, 6) is 0.928. The van der Waals surface area contributed by atoms with Crippen LogP contribution in [0, 0.1) is 5.82 Å². The van der Waals surface area contributed by atoms with Crippen molar-refractivity contribution in [1.82, 2.24) is 19.9 Å². The van der Waals surface area contributed by atoms with Gasteiger partial charge in [0.1, 0.15) is 40.2 Å². The summed E-state index contributed by atoms with van der Waals surface area (Å²) >= 11 is 5.05. The fraction of sp³-hybridized carbons (Fsp3) is 0.214. The lowest BCUT2D eigenvalue weighted by molar-refractivity contribution is 0.152. The van der Waals surface area contributed by atoms with Gasteiger partial charge >= 0.3 is 0 Å². The highest BCUT2D eigenvalue weighted by molar-refractivity contribution is 9.10. The molecule has 3 aromatic heterocycles. The van der Waals surface area contributed by atoms with Gasteiger partial charge in [-0.2, -0.15) is 0 Å². The molecule has 3 heterocycles. The van der Waals surface area contributed by atoms with E-state index in [1.807, 2.05) is 35.7 Å². The van der Waals surface area contributed by atoms with Crippen LogP contribution < -0.4 is 10.1 Å². The molecule has 0 aliphatic carbocycles. The second-order valence-corrected chi connectivity index (χ2v) is 13.2. The zero-order chi connectivity index (χ0) is 28.8. The van der Waals surface area contributed by atoms with Gasteiger partial charge in [-0.05, 0) is 57.9 Å². The molecular formula is C28H25BrFN5O4S2. The molecule has 0 saturated heterocycles. The molecule has 1 N–H and O–H groups in total. The molecule has 0 amide bonds. The Labute approximate surface area is 248 Å². The number of ether oxygens (including phenoxy) is 2. The van der Waals surface area contributed by atoms with Crippen molar-refractivity contribution in [1.29, 1.82) is 0 Å². The lowest BCUT2D eigenvalue weighted by Crippen LogP contribution is -2.11. The van der Waals surface area contributed by atoms with E-state index in [0.29, 0.717) is 35.8 Å². The first kappa shape index (κ1) is 29.0. The summed E-state index contributed by atoms with van der Waals surface area (Å²) in [5, 5.41) is 6.91. The number of aromatic nitrogens is 4. The number of benzene rings is 2. The lowest BCUT2D eigenvalue weighted by Gasteiger charge is -2.12. The van der Waals surface area contributed by atoms with Crippen LogP contribution >= 0.6 is 27.3 Å². The van der Waals surface area contributed by atoms with Crippen LogP contribution in [-0.2, 0) is 27.6 Å². The van der Waals surface area contributed by atoms with Crippen LogP contribution in [0.4, 0.5) is 15.9 Å². The van der Waals surface area contributed by atoms with Crippen LogP contribution in [0.5, 0.6) is 5.75 Å². The minimum Gasteiger partial charge on any atom is -0.488 e. The van der Waals surface area contributed by atoms with Crippen molar-refractivity contribution in [2.75, 3.05) is 30.5 Å². The first-order valence-electron chi connectivity index (χ1n) is 12.5. The number of pyridine rings is 1. The maximum absolute atomic E-state index is 13.5. The van der Waals surface area contributed by atoms with Crippen LogP contribution in [-0.4, -0.2) is 53.6 Å². The van der Waals surface area contributed by atoms with Gasteiger partial charge in [0.2, 0.25) is 0 Å². The predicted molar refractivity (Wildman–Crippen MR) is 161 cm³/mol.